The van der Waals surface area contributed by atoms with Crippen molar-refractivity contribution < 1.29 is 17.9 Å². The van der Waals surface area contributed by atoms with Gasteiger partial charge in [0, 0.05) is 24.7 Å². The average molecular weight is 318 g/mol. The predicted octanol–water partition coefficient (Wildman–Crippen LogP) is -0.399. The van der Waals surface area contributed by atoms with E-state index in [0.717, 1.165) is 0 Å². The number of sulfonamides is 1. The van der Waals surface area contributed by atoms with Crippen molar-refractivity contribution in [2.45, 2.75) is 37.6 Å². The Morgan fingerprint density at radius 1 is 1.48 bits per heavy atom. The van der Waals surface area contributed by atoms with E-state index in [0.29, 0.717) is 31.9 Å². The van der Waals surface area contributed by atoms with Gasteiger partial charge in [0.25, 0.3) is 10.0 Å². The molecule has 8 nitrogen and oxygen atoms in total. The van der Waals surface area contributed by atoms with Crippen LogP contribution in [0.15, 0.2) is 11.2 Å². The van der Waals surface area contributed by atoms with Gasteiger partial charge >= 0.3 is 0 Å². The number of H-pyrrole nitrogens is 1. The van der Waals surface area contributed by atoms with Gasteiger partial charge in [-0.25, -0.2) is 13.1 Å². The Labute approximate surface area is 124 Å². The van der Waals surface area contributed by atoms with Gasteiger partial charge in [-0.2, -0.15) is 5.10 Å². The molecule has 0 radical (unpaired) electrons. The molecule has 2 heterocycles. The zero-order chi connectivity index (χ0) is 15.3. The Hall–Kier alpha value is -1.00. The summed E-state index contributed by atoms with van der Waals surface area (Å²) < 4.78 is 37.8. The Bertz CT molecular complexity index is 537. The minimum absolute atomic E-state index is 0.0902. The fraction of sp³-hybridized carbons (Fsp3) is 0.750. The van der Waals surface area contributed by atoms with Crippen molar-refractivity contribution in [2.24, 2.45) is 0 Å². The average Bonchev–Trinajstić information content (AvgIpc) is 2.93. The number of aromatic amines is 1. The highest BCUT2D eigenvalue weighted by atomic mass is 32.2. The van der Waals surface area contributed by atoms with Crippen LogP contribution in [0.25, 0.3) is 0 Å². The van der Waals surface area contributed by atoms with Crippen molar-refractivity contribution in [3.8, 4) is 0 Å². The Morgan fingerprint density at radius 2 is 2.29 bits per heavy atom. The second kappa shape index (κ2) is 7.32. The first-order chi connectivity index (χ1) is 9.99. The lowest BCUT2D eigenvalue weighted by atomic mass is 10.3. The summed E-state index contributed by atoms with van der Waals surface area (Å²) in [4.78, 5) is 0. The quantitative estimate of drug-likeness (QED) is 0.632. The maximum atomic E-state index is 12.3. The highest BCUT2D eigenvalue weighted by Gasteiger charge is 2.23. The van der Waals surface area contributed by atoms with Gasteiger partial charge in [0.2, 0.25) is 0 Å². The zero-order valence-electron chi connectivity index (χ0n) is 12.3. The molecule has 120 valence electrons. The molecule has 9 heteroatoms. The molecular formula is C12H22N4O4S. The zero-order valence-corrected chi connectivity index (χ0v) is 13.1. The molecule has 1 aliphatic heterocycles. The highest BCUT2D eigenvalue weighted by Crippen LogP contribution is 2.12. The molecule has 1 saturated heterocycles. The molecule has 0 spiro atoms. The molecule has 0 aromatic carbocycles. The summed E-state index contributed by atoms with van der Waals surface area (Å²) in [6.45, 7) is 6.04. The minimum Gasteiger partial charge on any atom is -0.376 e. The molecule has 1 aliphatic rings. The van der Waals surface area contributed by atoms with Crippen molar-refractivity contribution in [1.82, 2.24) is 20.2 Å². The number of rotatable bonds is 7. The number of nitrogens with zero attached hydrogens (tertiary/aromatic N) is 1. The van der Waals surface area contributed by atoms with Crippen molar-refractivity contribution in [3.05, 3.63) is 11.8 Å². The van der Waals surface area contributed by atoms with Crippen molar-refractivity contribution in [1.29, 1.82) is 0 Å². The molecule has 3 N–H and O–H groups in total. The van der Waals surface area contributed by atoms with Crippen LogP contribution in [-0.2, 0) is 26.0 Å². The van der Waals surface area contributed by atoms with Gasteiger partial charge in [0.05, 0.1) is 32.1 Å². The van der Waals surface area contributed by atoms with Gasteiger partial charge < -0.3 is 14.8 Å². The third-order valence-electron chi connectivity index (χ3n) is 3.03. The van der Waals surface area contributed by atoms with Gasteiger partial charge in [0.1, 0.15) is 0 Å². The summed E-state index contributed by atoms with van der Waals surface area (Å²) in [5.74, 6) is 0. The van der Waals surface area contributed by atoms with Crippen LogP contribution in [0.5, 0.6) is 0 Å². The molecule has 0 amide bonds. The molecule has 1 aromatic heterocycles. The lowest BCUT2D eigenvalue weighted by Crippen LogP contribution is -2.40. The van der Waals surface area contributed by atoms with Crippen molar-refractivity contribution in [3.63, 3.8) is 0 Å². The van der Waals surface area contributed by atoms with Gasteiger partial charge in [-0.1, -0.05) is 13.8 Å². The van der Waals surface area contributed by atoms with E-state index in [1.54, 1.807) is 0 Å². The molecule has 0 bridgehead atoms. The van der Waals surface area contributed by atoms with Gasteiger partial charge in [-0.3, -0.25) is 5.10 Å². The molecule has 0 saturated carbocycles. The number of nitrogens with one attached hydrogen (secondary N) is 3. The fourth-order valence-electron chi connectivity index (χ4n) is 1.90. The number of hydrogen-bond donors (Lipinski definition) is 3. The van der Waals surface area contributed by atoms with E-state index in [4.69, 9.17) is 9.47 Å². The molecule has 2 rings (SSSR count). The van der Waals surface area contributed by atoms with Gasteiger partial charge in [-0.15, -0.1) is 0 Å². The summed E-state index contributed by atoms with van der Waals surface area (Å²) in [6, 6.07) is 0.260. The topological polar surface area (TPSA) is 105 Å². The first-order valence-electron chi connectivity index (χ1n) is 6.93. The van der Waals surface area contributed by atoms with Gasteiger partial charge in [0.15, 0.2) is 5.03 Å². The smallest absolute Gasteiger partial charge is 0.257 e. The summed E-state index contributed by atoms with van der Waals surface area (Å²) in [7, 11) is -3.64. The van der Waals surface area contributed by atoms with Crippen LogP contribution in [0, 0.1) is 0 Å². The lowest BCUT2D eigenvalue weighted by molar-refractivity contribution is -0.0847. The monoisotopic (exact) mass is 318 g/mol. The second-order valence-electron chi connectivity index (χ2n) is 5.18. The van der Waals surface area contributed by atoms with Crippen LogP contribution in [0.4, 0.5) is 0 Å². The summed E-state index contributed by atoms with van der Waals surface area (Å²) in [5.41, 5.74) is 0.608. The molecular weight excluding hydrogens is 296 g/mol. The minimum atomic E-state index is -3.64. The molecule has 1 fully saturated rings. The van der Waals surface area contributed by atoms with E-state index >= 15 is 0 Å². The van der Waals surface area contributed by atoms with E-state index in [1.807, 2.05) is 13.8 Å². The van der Waals surface area contributed by atoms with Crippen LogP contribution in [0.1, 0.15) is 19.4 Å². The molecule has 1 aromatic rings. The Kier molecular flexibility index (Phi) is 5.71. The maximum Gasteiger partial charge on any atom is 0.257 e. The molecule has 1 atom stereocenters. The van der Waals surface area contributed by atoms with Gasteiger partial charge in [-0.05, 0) is 0 Å². The highest BCUT2D eigenvalue weighted by molar-refractivity contribution is 7.89. The first-order valence-corrected chi connectivity index (χ1v) is 8.42. The normalized spacial score (nSPS) is 20.0. The van der Waals surface area contributed by atoms with E-state index in [-0.39, 0.29) is 23.7 Å². The third-order valence-corrected chi connectivity index (χ3v) is 4.47. The van der Waals surface area contributed by atoms with Crippen LogP contribution >= 0.6 is 0 Å². The second-order valence-corrected chi connectivity index (χ2v) is 6.88. The van der Waals surface area contributed by atoms with E-state index in [1.165, 1.54) is 6.20 Å². The van der Waals surface area contributed by atoms with Crippen LogP contribution in [0.3, 0.4) is 0 Å². The van der Waals surface area contributed by atoms with Crippen LogP contribution < -0.4 is 10.0 Å². The van der Waals surface area contributed by atoms with Crippen LogP contribution in [0.2, 0.25) is 0 Å². The summed E-state index contributed by atoms with van der Waals surface area (Å²) in [6.07, 6.45) is 1.26. The molecule has 0 aliphatic carbocycles. The third kappa shape index (κ3) is 4.75. The first kappa shape index (κ1) is 16.4. The Morgan fingerprint density at radius 3 is 2.95 bits per heavy atom. The number of ether oxygens (including phenoxy) is 2. The van der Waals surface area contributed by atoms with Crippen molar-refractivity contribution in [2.75, 3.05) is 26.4 Å². The SMILES string of the molecule is CC(C)NCc1cn[nH]c1S(=O)(=O)NCC1COCCO1. The molecule has 21 heavy (non-hydrogen) atoms. The van der Waals surface area contributed by atoms with E-state index < -0.39 is 10.0 Å². The number of aromatic nitrogens is 2. The lowest BCUT2D eigenvalue weighted by Gasteiger charge is -2.23. The fourth-order valence-corrected chi connectivity index (χ4v) is 3.09. The van der Waals surface area contributed by atoms with E-state index in [2.05, 4.69) is 20.2 Å². The number of hydrogen-bond acceptors (Lipinski definition) is 6. The summed E-state index contributed by atoms with van der Waals surface area (Å²) in [5, 5.41) is 9.63. The van der Waals surface area contributed by atoms with E-state index in [9.17, 15) is 8.42 Å². The Balaban J connectivity index is 1.96. The summed E-state index contributed by atoms with van der Waals surface area (Å²) >= 11 is 0. The largest absolute Gasteiger partial charge is 0.376 e. The maximum absolute atomic E-state index is 12.3. The standard InChI is InChI=1S/C12H22N4O4S/c1-9(2)13-5-10-6-14-16-12(10)21(17,18)15-7-11-8-19-3-4-20-11/h6,9,11,13,15H,3-5,7-8H2,1-2H3,(H,14,16). The molecule has 1 unspecified atom stereocenters. The van der Waals surface area contributed by atoms with Crippen LogP contribution in [-0.4, -0.2) is 57.1 Å². The van der Waals surface area contributed by atoms with Crippen molar-refractivity contribution >= 4 is 10.0 Å². The predicted molar refractivity (Wildman–Crippen MR) is 76.3 cm³/mol.